The normalized spacial score (nSPS) is 29.1. The number of nitrogens with zero attached hydrogens (tertiary/aromatic N) is 1. The summed E-state index contributed by atoms with van der Waals surface area (Å²) in [4.78, 5) is 14.1. The lowest BCUT2D eigenvalue weighted by Crippen LogP contribution is -2.44. The van der Waals surface area contributed by atoms with Gasteiger partial charge in [-0.15, -0.1) is 0 Å². The average Bonchev–Trinajstić information content (AvgIpc) is 2.97. The third-order valence-corrected chi connectivity index (χ3v) is 3.53. The molecule has 0 radical (unpaired) electrons. The predicted molar refractivity (Wildman–Crippen MR) is 59.3 cm³/mol. The number of carbonyl (C=O) groups is 1. The van der Waals surface area contributed by atoms with Crippen molar-refractivity contribution >= 4 is 5.91 Å². The fourth-order valence-electron chi connectivity index (χ4n) is 2.32. The molecule has 1 saturated carbocycles. The molecule has 2 aliphatic rings. The number of hydrogen-bond acceptors (Lipinski definition) is 3. The molecule has 4 heteroatoms. The highest BCUT2D eigenvalue weighted by Gasteiger charge is 2.34. The van der Waals surface area contributed by atoms with E-state index in [-0.39, 0.29) is 17.9 Å². The van der Waals surface area contributed by atoms with Crippen LogP contribution >= 0.6 is 0 Å². The second-order valence-electron chi connectivity index (χ2n) is 4.94. The fraction of sp³-hybridized carbons (Fsp3) is 0.909. The molecule has 3 N–H and O–H groups in total. The minimum atomic E-state index is 0.183. The molecule has 0 spiro atoms. The molecule has 1 aliphatic carbocycles. The van der Waals surface area contributed by atoms with Crippen molar-refractivity contribution in [2.24, 2.45) is 17.6 Å². The number of carbonyl (C=O) groups excluding carboxylic acids is 1. The van der Waals surface area contributed by atoms with Crippen LogP contribution in [0, 0.1) is 11.8 Å². The Kier molecular flexibility index (Phi) is 3.26. The van der Waals surface area contributed by atoms with E-state index in [9.17, 15) is 4.79 Å². The molecular formula is C11H21N3O. The quantitative estimate of drug-likeness (QED) is 0.676. The van der Waals surface area contributed by atoms with E-state index >= 15 is 0 Å². The van der Waals surface area contributed by atoms with Gasteiger partial charge in [0, 0.05) is 19.1 Å². The van der Waals surface area contributed by atoms with Crippen molar-refractivity contribution in [2.45, 2.75) is 25.3 Å². The van der Waals surface area contributed by atoms with Crippen LogP contribution < -0.4 is 11.1 Å². The summed E-state index contributed by atoms with van der Waals surface area (Å²) in [5.74, 6) is 1.04. The molecule has 2 rings (SSSR count). The SMILES string of the molecule is CN1CCC(C(=O)NC(CN)C2CC2)C1. The van der Waals surface area contributed by atoms with Gasteiger partial charge in [-0.25, -0.2) is 0 Å². The molecule has 0 bridgehead atoms. The van der Waals surface area contributed by atoms with Crippen LogP contribution in [0.25, 0.3) is 0 Å². The molecule has 0 aromatic rings. The summed E-state index contributed by atoms with van der Waals surface area (Å²) in [7, 11) is 2.06. The van der Waals surface area contributed by atoms with Gasteiger partial charge in [0.05, 0.1) is 5.92 Å². The van der Waals surface area contributed by atoms with Crippen molar-refractivity contribution in [3.63, 3.8) is 0 Å². The first-order valence-corrected chi connectivity index (χ1v) is 5.89. The zero-order valence-corrected chi connectivity index (χ0v) is 9.41. The molecule has 86 valence electrons. The summed E-state index contributed by atoms with van der Waals surface area (Å²) in [6.07, 6.45) is 3.45. The van der Waals surface area contributed by atoms with E-state index in [2.05, 4.69) is 17.3 Å². The van der Waals surface area contributed by atoms with E-state index in [1.807, 2.05) is 0 Å². The Bertz CT molecular complexity index is 240. The van der Waals surface area contributed by atoms with Gasteiger partial charge in [-0.05, 0) is 38.8 Å². The van der Waals surface area contributed by atoms with Gasteiger partial charge in [-0.1, -0.05) is 0 Å². The van der Waals surface area contributed by atoms with E-state index in [4.69, 9.17) is 5.73 Å². The van der Waals surface area contributed by atoms with Gasteiger partial charge in [-0.2, -0.15) is 0 Å². The van der Waals surface area contributed by atoms with Crippen LogP contribution in [0.15, 0.2) is 0 Å². The van der Waals surface area contributed by atoms with Gasteiger partial charge >= 0.3 is 0 Å². The summed E-state index contributed by atoms with van der Waals surface area (Å²) < 4.78 is 0. The first-order valence-electron chi connectivity index (χ1n) is 5.89. The van der Waals surface area contributed by atoms with Crippen LogP contribution in [0.2, 0.25) is 0 Å². The van der Waals surface area contributed by atoms with E-state index in [0.29, 0.717) is 12.5 Å². The Balaban J connectivity index is 1.80. The average molecular weight is 211 g/mol. The molecule has 0 aromatic carbocycles. The maximum absolute atomic E-state index is 11.9. The summed E-state index contributed by atoms with van der Waals surface area (Å²) in [6, 6.07) is 0.225. The molecule has 2 unspecified atom stereocenters. The largest absolute Gasteiger partial charge is 0.352 e. The van der Waals surface area contributed by atoms with Crippen LogP contribution in [0.3, 0.4) is 0 Å². The maximum atomic E-state index is 11.9. The molecule has 15 heavy (non-hydrogen) atoms. The van der Waals surface area contributed by atoms with Gasteiger partial charge < -0.3 is 16.0 Å². The van der Waals surface area contributed by atoms with Crippen LogP contribution in [0.5, 0.6) is 0 Å². The molecule has 2 atom stereocenters. The second-order valence-corrected chi connectivity index (χ2v) is 4.94. The van der Waals surface area contributed by atoms with Crippen LogP contribution in [-0.4, -0.2) is 43.5 Å². The highest BCUT2D eigenvalue weighted by atomic mass is 16.2. The number of nitrogens with two attached hydrogens (primary N) is 1. The number of likely N-dealkylation sites (tertiary alicyclic amines) is 1. The summed E-state index contributed by atoms with van der Waals surface area (Å²) in [5.41, 5.74) is 5.66. The molecule has 1 aliphatic heterocycles. The first kappa shape index (κ1) is 10.9. The monoisotopic (exact) mass is 211 g/mol. The van der Waals surface area contributed by atoms with Crippen molar-refractivity contribution in [2.75, 3.05) is 26.7 Å². The Morgan fingerprint density at radius 3 is 2.73 bits per heavy atom. The van der Waals surface area contributed by atoms with Crippen molar-refractivity contribution in [1.82, 2.24) is 10.2 Å². The first-order chi connectivity index (χ1) is 7.20. The Morgan fingerprint density at radius 2 is 2.27 bits per heavy atom. The lowest BCUT2D eigenvalue weighted by molar-refractivity contribution is -0.125. The molecule has 4 nitrogen and oxygen atoms in total. The Hall–Kier alpha value is -0.610. The summed E-state index contributed by atoms with van der Waals surface area (Å²) in [6.45, 7) is 2.52. The van der Waals surface area contributed by atoms with Gasteiger partial charge in [-0.3, -0.25) is 4.79 Å². The van der Waals surface area contributed by atoms with E-state index in [1.54, 1.807) is 0 Å². The Labute approximate surface area is 91.2 Å². The van der Waals surface area contributed by atoms with Gasteiger partial charge in [0.2, 0.25) is 5.91 Å². The molecule has 1 heterocycles. The van der Waals surface area contributed by atoms with Gasteiger partial charge in [0.15, 0.2) is 0 Å². The van der Waals surface area contributed by atoms with Gasteiger partial charge in [0.1, 0.15) is 0 Å². The molecular weight excluding hydrogens is 190 g/mol. The Morgan fingerprint density at radius 1 is 1.53 bits per heavy atom. The third-order valence-electron chi connectivity index (χ3n) is 3.53. The van der Waals surface area contributed by atoms with Crippen LogP contribution in [0.4, 0.5) is 0 Å². The number of amides is 1. The molecule has 1 saturated heterocycles. The number of hydrogen-bond donors (Lipinski definition) is 2. The molecule has 2 fully saturated rings. The number of nitrogens with one attached hydrogen (secondary N) is 1. The number of rotatable bonds is 4. The standard InChI is InChI=1S/C11H21N3O/c1-14-5-4-9(7-14)11(15)13-10(6-12)8-2-3-8/h8-10H,2-7,12H2,1H3,(H,13,15). The smallest absolute Gasteiger partial charge is 0.224 e. The van der Waals surface area contributed by atoms with Crippen molar-refractivity contribution in [1.29, 1.82) is 0 Å². The van der Waals surface area contributed by atoms with Crippen molar-refractivity contribution < 1.29 is 4.79 Å². The highest BCUT2D eigenvalue weighted by molar-refractivity contribution is 5.79. The van der Waals surface area contributed by atoms with Crippen molar-refractivity contribution in [3.05, 3.63) is 0 Å². The topological polar surface area (TPSA) is 58.4 Å². The molecule has 1 amide bonds. The zero-order chi connectivity index (χ0) is 10.8. The van der Waals surface area contributed by atoms with E-state index in [1.165, 1.54) is 12.8 Å². The molecule has 0 aromatic heterocycles. The third kappa shape index (κ3) is 2.69. The minimum Gasteiger partial charge on any atom is -0.352 e. The predicted octanol–water partition coefficient (Wildman–Crippen LogP) is -0.208. The van der Waals surface area contributed by atoms with E-state index in [0.717, 1.165) is 19.5 Å². The highest BCUT2D eigenvalue weighted by Crippen LogP contribution is 2.32. The summed E-state index contributed by atoms with van der Waals surface area (Å²) in [5, 5.41) is 3.10. The fourth-order valence-corrected chi connectivity index (χ4v) is 2.32. The lowest BCUT2D eigenvalue weighted by atomic mass is 10.1. The van der Waals surface area contributed by atoms with Crippen molar-refractivity contribution in [3.8, 4) is 0 Å². The minimum absolute atomic E-state index is 0.183. The zero-order valence-electron chi connectivity index (χ0n) is 9.41. The van der Waals surface area contributed by atoms with Crippen LogP contribution in [-0.2, 0) is 4.79 Å². The van der Waals surface area contributed by atoms with E-state index < -0.39 is 0 Å². The van der Waals surface area contributed by atoms with Crippen LogP contribution in [0.1, 0.15) is 19.3 Å². The maximum Gasteiger partial charge on any atom is 0.224 e. The lowest BCUT2D eigenvalue weighted by Gasteiger charge is -2.18. The second kappa shape index (κ2) is 4.49. The summed E-state index contributed by atoms with van der Waals surface area (Å²) >= 11 is 0. The van der Waals surface area contributed by atoms with Gasteiger partial charge in [0.25, 0.3) is 0 Å².